The normalized spacial score (nSPS) is 17.4. The lowest BCUT2D eigenvalue weighted by Crippen LogP contribution is -2.33. The lowest BCUT2D eigenvalue weighted by Gasteiger charge is -2.17. The largest absolute Gasteiger partial charge is 0.314 e. The molecule has 96 valence electrons. The highest BCUT2D eigenvalue weighted by Crippen LogP contribution is 2.35. The number of nitrogens with one attached hydrogen (secondary N) is 1. The standard InChI is InChI=1S/C13H22BrN3/c1-4-10-13(14)12(17(3)16-10)8-11(15-5-2)9-6-7-9/h9,11,15H,4-8H2,1-3H3. The predicted octanol–water partition coefficient (Wildman–Crippen LogP) is 2.68. The third kappa shape index (κ3) is 2.91. The SMILES string of the molecule is CCNC(Cc1c(Br)c(CC)nn1C)C1CC1. The van der Waals surface area contributed by atoms with Crippen molar-refractivity contribution in [1.82, 2.24) is 15.1 Å². The van der Waals surface area contributed by atoms with Crippen LogP contribution in [0.2, 0.25) is 0 Å². The van der Waals surface area contributed by atoms with E-state index >= 15 is 0 Å². The summed E-state index contributed by atoms with van der Waals surface area (Å²) < 4.78 is 3.25. The van der Waals surface area contributed by atoms with Crippen LogP contribution in [0.3, 0.4) is 0 Å². The first-order chi connectivity index (χ1) is 8.17. The molecule has 2 rings (SSSR count). The van der Waals surface area contributed by atoms with E-state index < -0.39 is 0 Å². The minimum Gasteiger partial charge on any atom is -0.314 e. The van der Waals surface area contributed by atoms with E-state index in [2.05, 4.69) is 47.2 Å². The van der Waals surface area contributed by atoms with Gasteiger partial charge in [0.2, 0.25) is 0 Å². The van der Waals surface area contributed by atoms with Gasteiger partial charge in [-0.25, -0.2) is 0 Å². The number of nitrogens with zero attached hydrogens (tertiary/aromatic N) is 2. The summed E-state index contributed by atoms with van der Waals surface area (Å²) >= 11 is 3.70. The summed E-state index contributed by atoms with van der Waals surface area (Å²) in [6.07, 6.45) is 4.84. The van der Waals surface area contributed by atoms with Gasteiger partial charge < -0.3 is 5.32 Å². The van der Waals surface area contributed by atoms with Crippen molar-refractivity contribution in [2.75, 3.05) is 6.54 Å². The van der Waals surface area contributed by atoms with Gasteiger partial charge in [-0.15, -0.1) is 0 Å². The minimum absolute atomic E-state index is 0.622. The highest BCUT2D eigenvalue weighted by Gasteiger charge is 2.32. The van der Waals surface area contributed by atoms with Crippen LogP contribution in [-0.4, -0.2) is 22.4 Å². The first kappa shape index (κ1) is 13.1. The Kier molecular flexibility index (Phi) is 4.26. The molecule has 0 spiro atoms. The molecule has 0 aliphatic heterocycles. The van der Waals surface area contributed by atoms with E-state index in [0.29, 0.717) is 6.04 Å². The molecule has 0 radical (unpaired) electrons. The van der Waals surface area contributed by atoms with Crippen molar-refractivity contribution < 1.29 is 0 Å². The van der Waals surface area contributed by atoms with Gasteiger partial charge in [0.25, 0.3) is 0 Å². The van der Waals surface area contributed by atoms with Crippen LogP contribution in [0.15, 0.2) is 4.47 Å². The topological polar surface area (TPSA) is 29.9 Å². The van der Waals surface area contributed by atoms with Gasteiger partial charge in [-0.3, -0.25) is 4.68 Å². The molecule has 4 heteroatoms. The van der Waals surface area contributed by atoms with E-state index in [-0.39, 0.29) is 0 Å². The number of aryl methyl sites for hydroxylation is 2. The molecule has 3 nitrogen and oxygen atoms in total. The second-order valence-electron chi connectivity index (χ2n) is 4.89. The number of rotatable bonds is 6. The first-order valence-corrected chi connectivity index (χ1v) is 7.40. The summed E-state index contributed by atoms with van der Waals surface area (Å²) in [5, 5.41) is 8.18. The van der Waals surface area contributed by atoms with Crippen LogP contribution >= 0.6 is 15.9 Å². The summed E-state index contributed by atoms with van der Waals surface area (Å²) in [7, 11) is 2.05. The minimum atomic E-state index is 0.622. The van der Waals surface area contributed by atoms with E-state index in [4.69, 9.17) is 0 Å². The van der Waals surface area contributed by atoms with Crippen LogP contribution in [0.25, 0.3) is 0 Å². The van der Waals surface area contributed by atoms with E-state index in [9.17, 15) is 0 Å². The van der Waals surface area contributed by atoms with Crippen LogP contribution in [0, 0.1) is 5.92 Å². The highest BCUT2D eigenvalue weighted by atomic mass is 79.9. The highest BCUT2D eigenvalue weighted by molar-refractivity contribution is 9.10. The first-order valence-electron chi connectivity index (χ1n) is 6.61. The molecule has 1 unspecified atom stereocenters. The summed E-state index contributed by atoms with van der Waals surface area (Å²) in [6.45, 7) is 5.39. The van der Waals surface area contributed by atoms with E-state index in [1.54, 1.807) is 0 Å². The molecule has 1 atom stereocenters. The number of hydrogen-bond acceptors (Lipinski definition) is 2. The quantitative estimate of drug-likeness (QED) is 0.875. The van der Waals surface area contributed by atoms with Crippen molar-refractivity contribution in [2.45, 2.75) is 45.6 Å². The summed E-state index contributed by atoms with van der Waals surface area (Å²) in [5.74, 6) is 0.877. The van der Waals surface area contributed by atoms with Crippen LogP contribution in [0.5, 0.6) is 0 Å². The van der Waals surface area contributed by atoms with Gasteiger partial charge >= 0.3 is 0 Å². The fourth-order valence-corrected chi connectivity index (χ4v) is 3.19. The molecule has 1 N–H and O–H groups in total. The zero-order valence-electron chi connectivity index (χ0n) is 11.0. The van der Waals surface area contributed by atoms with Gasteiger partial charge in [-0.2, -0.15) is 5.10 Å². The smallest absolute Gasteiger partial charge is 0.0766 e. The fourth-order valence-electron chi connectivity index (χ4n) is 2.42. The van der Waals surface area contributed by atoms with Crippen molar-refractivity contribution in [3.63, 3.8) is 0 Å². The third-order valence-electron chi connectivity index (χ3n) is 3.57. The fraction of sp³-hybridized carbons (Fsp3) is 0.769. The molecule has 0 bridgehead atoms. The van der Waals surface area contributed by atoms with Crippen molar-refractivity contribution in [3.05, 3.63) is 15.9 Å². The Morgan fingerprint density at radius 3 is 2.65 bits per heavy atom. The maximum absolute atomic E-state index is 4.56. The van der Waals surface area contributed by atoms with Gasteiger partial charge in [-0.1, -0.05) is 13.8 Å². The Balaban J connectivity index is 2.13. The Labute approximate surface area is 112 Å². The summed E-state index contributed by atoms with van der Waals surface area (Å²) in [4.78, 5) is 0. The summed E-state index contributed by atoms with van der Waals surface area (Å²) in [5.41, 5.74) is 2.51. The molecule has 0 aromatic carbocycles. The second-order valence-corrected chi connectivity index (χ2v) is 5.68. The predicted molar refractivity (Wildman–Crippen MR) is 74.2 cm³/mol. The molecule has 1 aliphatic rings. The average molecular weight is 300 g/mol. The molecular formula is C13H22BrN3. The molecule has 1 saturated carbocycles. The summed E-state index contributed by atoms with van der Waals surface area (Å²) in [6, 6.07) is 0.622. The molecule has 1 aromatic rings. The average Bonchev–Trinajstić information content (AvgIpc) is 3.10. The van der Waals surface area contributed by atoms with Crippen molar-refractivity contribution in [1.29, 1.82) is 0 Å². The lowest BCUT2D eigenvalue weighted by molar-refractivity contribution is 0.459. The van der Waals surface area contributed by atoms with Crippen LogP contribution in [0.4, 0.5) is 0 Å². The maximum atomic E-state index is 4.56. The molecular weight excluding hydrogens is 278 g/mol. The molecule has 1 aliphatic carbocycles. The van der Waals surface area contributed by atoms with E-state index in [0.717, 1.165) is 25.3 Å². The number of likely N-dealkylation sites (N-methyl/N-ethyl adjacent to an activating group) is 1. The van der Waals surface area contributed by atoms with Gasteiger partial charge in [0, 0.05) is 19.5 Å². The van der Waals surface area contributed by atoms with Crippen LogP contribution in [-0.2, 0) is 19.9 Å². The van der Waals surface area contributed by atoms with Crippen LogP contribution < -0.4 is 5.32 Å². The zero-order valence-corrected chi connectivity index (χ0v) is 12.5. The number of aromatic nitrogens is 2. The Morgan fingerprint density at radius 2 is 2.18 bits per heavy atom. The van der Waals surface area contributed by atoms with E-state index in [1.807, 2.05) is 4.68 Å². The zero-order chi connectivity index (χ0) is 12.4. The Morgan fingerprint density at radius 1 is 1.47 bits per heavy atom. The van der Waals surface area contributed by atoms with Crippen LogP contribution in [0.1, 0.15) is 38.1 Å². The Bertz CT molecular complexity index is 382. The molecule has 0 saturated heterocycles. The molecule has 1 aromatic heterocycles. The van der Waals surface area contributed by atoms with Crippen molar-refractivity contribution in [3.8, 4) is 0 Å². The molecule has 0 amide bonds. The van der Waals surface area contributed by atoms with E-state index in [1.165, 1.54) is 28.7 Å². The second kappa shape index (κ2) is 5.53. The molecule has 1 fully saturated rings. The third-order valence-corrected chi connectivity index (χ3v) is 4.49. The van der Waals surface area contributed by atoms with Gasteiger partial charge in [0.05, 0.1) is 15.9 Å². The Hall–Kier alpha value is -0.350. The number of hydrogen-bond donors (Lipinski definition) is 1. The van der Waals surface area contributed by atoms with Gasteiger partial charge in [-0.05, 0) is 47.7 Å². The van der Waals surface area contributed by atoms with Crippen molar-refractivity contribution >= 4 is 15.9 Å². The number of halogens is 1. The van der Waals surface area contributed by atoms with Crippen molar-refractivity contribution in [2.24, 2.45) is 13.0 Å². The maximum Gasteiger partial charge on any atom is 0.0766 e. The molecule has 1 heterocycles. The monoisotopic (exact) mass is 299 g/mol. The lowest BCUT2D eigenvalue weighted by atomic mass is 10.1. The molecule has 17 heavy (non-hydrogen) atoms. The van der Waals surface area contributed by atoms with Gasteiger partial charge in [0.1, 0.15) is 0 Å². The van der Waals surface area contributed by atoms with Gasteiger partial charge in [0.15, 0.2) is 0 Å².